The van der Waals surface area contributed by atoms with Gasteiger partial charge in [0.2, 0.25) is 0 Å². The lowest BCUT2D eigenvalue weighted by Crippen LogP contribution is -2.08. The van der Waals surface area contributed by atoms with E-state index in [1.165, 1.54) is 6.07 Å². The van der Waals surface area contributed by atoms with E-state index >= 15 is 0 Å². The number of aryl methyl sites for hydroxylation is 2. The van der Waals surface area contributed by atoms with Crippen LogP contribution in [0.1, 0.15) is 47.3 Å². The molecule has 9 nitrogen and oxygen atoms in total. The average Bonchev–Trinajstić information content (AvgIpc) is 3.43. The fraction of sp³-hybridized carbons (Fsp3) is 0.286. The van der Waals surface area contributed by atoms with Gasteiger partial charge in [0.15, 0.2) is 5.65 Å². The van der Waals surface area contributed by atoms with E-state index in [2.05, 4.69) is 5.10 Å². The molecule has 4 aromatic rings. The first-order valence-electron chi connectivity index (χ1n) is 9.59. The molecule has 0 aromatic carbocycles. The third-order valence-corrected chi connectivity index (χ3v) is 5.71. The van der Waals surface area contributed by atoms with Gasteiger partial charge < -0.3 is 9.15 Å². The lowest BCUT2D eigenvalue weighted by atomic mass is 10.1. The first-order chi connectivity index (χ1) is 14.7. The van der Waals surface area contributed by atoms with Gasteiger partial charge in [0, 0.05) is 28.6 Å². The Bertz CT molecular complexity index is 1300. The van der Waals surface area contributed by atoms with Gasteiger partial charge in [-0.15, -0.1) is 0 Å². The van der Waals surface area contributed by atoms with Crippen LogP contribution in [-0.4, -0.2) is 25.7 Å². The van der Waals surface area contributed by atoms with Gasteiger partial charge in [-0.3, -0.25) is 10.1 Å². The lowest BCUT2D eigenvalue weighted by molar-refractivity contribution is -0.380. The number of carbonyl (C=O) groups is 1. The number of fused-ring (bicyclic) bond motifs is 1. The maximum Gasteiger partial charge on any atom is 0.339 e. The van der Waals surface area contributed by atoms with Crippen LogP contribution in [-0.2, 0) is 11.3 Å². The molecule has 10 heteroatoms. The van der Waals surface area contributed by atoms with Crippen LogP contribution in [0.25, 0.3) is 22.3 Å². The Morgan fingerprint density at radius 1 is 1.32 bits per heavy atom. The maximum atomic E-state index is 13.0. The van der Waals surface area contributed by atoms with Crippen LogP contribution < -0.4 is 0 Å². The van der Waals surface area contributed by atoms with Crippen molar-refractivity contribution < 1.29 is 18.9 Å². The van der Waals surface area contributed by atoms with Crippen molar-refractivity contribution in [2.24, 2.45) is 0 Å². The van der Waals surface area contributed by atoms with Crippen molar-refractivity contribution in [3.63, 3.8) is 0 Å². The van der Waals surface area contributed by atoms with Gasteiger partial charge in [-0.05, 0) is 39.8 Å². The minimum Gasteiger partial charge on any atom is -0.466 e. The van der Waals surface area contributed by atoms with Gasteiger partial charge in [-0.25, -0.2) is 14.5 Å². The highest BCUT2D eigenvalue weighted by atomic mass is 32.1. The van der Waals surface area contributed by atoms with Crippen molar-refractivity contribution in [3.8, 4) is 11.3 Å². The van der Waals surface area contributed by atoms with Gasteiger partial charge >= 0.3 is 11.0 Å². The average molecular weight is 440 g/mol. The molecule has 0 bridgehead atoms. The van der Waals surface area contributed by atoms with Crippen molar-refractivity contribution in [2.75, 3.05) is 0 Å². The number of nitro groups is 1. The van der Waals surface area contributed by atoms with Crippen LogP contribution in [0.4, 0.5) is 5.00 Å². The minimum absolute atomic E-state index is 0.00338. The number of esters is 1. The number of thiophene rings is 1. The molecule has 0 aliphatic heterocycles. The highest BCUT2D eigenvalue weighted by Crippen LogP contribution is 2.31. The molecule has 4 heterocycles. The van der Waals surface area contributed by atoms with Crippen LogP contribution in [0.2, 0.25) is 0 Å². The fourth-order valence-electron chi connectivity index (χ4n) is 3.35. The molecular weight excluding hydrogens is 420 g/mol. The number of aromatic nitrogens is 3. The summed E-state index contributed by atoms with van der Waals surface area (Å²) >= 11 is 0.994. The Labute approximate surface area is 181 Å². The van der Waals surface area contributed by atoms with Crippen LogP contribution in [0.5, 0.6) is 0 Å². The number of hydrogen-bond acceptors (Lipinski definition) is 8. The molecule has 4 aromatic heterocycles. The fourth-order valence-corrected chi connectivity index (χ4v) is 4.06. The Balaban J connectivity index is 1.73. The first-order valence-corrected chi connectivity index (χ1v) is 10.5. The second kappa shape index (κ2) is 7.95. The third kappa shape index (κ3) is 3.93. The molecule has 160 valence electrons. The van der Waals surface area contributed by atoms with E-state index in [1.54, 1.807) is 22.3 Å². The number of rotatable bonds is 6. The number of ether oxygens (including phenoxy) is 1. The van der Waals surface area contributed by atoms with Crippen LogP contribution >= 0.6 is 11.3 Å². The Morgan fingerprint density at radius 3 is 2.71 bits per heavy atom. The van der Waals surface area contributed by atoms with Gasteiger partial charge in [0.25, 0.3) is 0 Å². The van der Waals surface area contributed by atoms with Crippen LogP contribution in [0.3, 0.4) is 0 Å². The van der Waals surface area contributed by atoms with Crippen molar-refractivity contribution in [2.45, 2.75) is 40.3 Å². The SMILES string of the molecule is Cc1cc(-c2cc(C(=O)OCc3csc([N+](=O)[O-])c3)c3cnn(C(C)C)c3n2)c(C)o1. The summed E-state index contributed by atoms with van der Waals surface area (Å²) in [7, 11) is 0. The highest BCUT2D eigenvalue weighted by Gasteiger charge is 2.21. The number of furan rings is 1. The molecule has 0 amide bonds. The predicted molar refractivity (Wildman–Crippen MR) is 115 cm³/mol. The molecule has 0 aliphatic carbocycles. The Hall–Kier alpha value is -3.53. The van der Waals surface area contributed by atoms with Gasteiger partial charge in [-0.2, -0.15) is 5.10 Å². The topological polar surface area (TPSA) is 113 Å². The molecule has 0 spiro atoms. The van der Waals surface area contributed by atoms with E-state index in [0.717, 1.165) is 22.7 Å². The largest absolute Gasteiger partial charge is 0.466 e. The van der Waals surface area contributed by atoms with Crippen molar-refractivity contribution in [1.82, 2.24) is 14.8 Å². The monoisotopic (exact) mass is 440 g/mol. The van der Waals surface area contributed by atoms with Gasteiger partial charge in [0.1, 0.15) is 18.1 Å². The molecule has 31 heavy (non-hydrogen) atoms. The summed E-state index contributed by atoms with van der Waals surface area (Å²) in [6, 6.07) is 4.99. The normalized spacial score (nSPS) is 11.4. The molecule has 0 N–H and O–H groups in total. The van der Waals surface area contributed by atoms with E-state index in [1.807, 2.05) is 33.8 Å². The quantitative estimate of drug-likeness (QED) is 0.229. The van der Waals surface area contributed by atoms with Crippen molar-refractivity contribution in [3.05, 3.63) is 62.5 Å². The Morgan fingerprint density at radius 2 is 2.10 bits per heavy atom. The first kappa shape index (κ1) is 20.7. The summed E-state index contributed by atoms with van der Waals surface area (Å²) in [5.41, 5.74) is 2.84. The van der Waals surface area contributed by atoms with Gasteiger partial charge in [0.05, 0.1) is 27.8 Å². The maximum absolute atomic E-state index is 13.0. The molecule has 0 fully saturated rings. The van der Waals surface area contributed by atoms with E-state index < -0.39 is 10.9 Å². The summed E-state index contributed by atoms with van der Waals surface area (Å²) in [4.78, 5) is 28.1. The highest BCUT2D eigenvalue weighted by molar-refractivity contribution is 7.13. The Kier molecular flexibility index (Phi) is 5.32. The van der Waals surface area contributed by atoms with E-state index in [4.69, 9.17) is 14.1 Å². The second-order valence-electron chi connectivity index (χ2n) is 7.43. The van der Waals surface area contributed by atoms with E-state index in [-0.39, 0.29) is 17.6 Å². The zero-order valence-corrected chi connectivity index (χ0v) is 18.2. The summed E-state index contributed by atoms with van der Waals surface area (Å²) in [5.74, 6) is 0.892. The predicted octanol–water partition coefficient (Wildman–Crippen LogP) is 5.22. The molecule has 0 radical (unpaired) electrons. The zero-order valence-electron chi connectivity index (χ0n) is 17.4. The van der Waals surface area contributed by atoms with Crippen molar-refractivity contribution in [1.29, 1.82) is 0 Å². The summed E-state index contributed by atoms with van der Waals surface area (Å²) < 4.78 is 12.9. The van der Waals surface area contributed by atoms with E-state index in [0.29, 0.717) is 33.6 Å². The molecule has 0 unspecified atom stereocenters. The molecule has 0 aliphatic rings. The zero-order chi connectivity index (χ0) is 22.3. The van der Waals surface area contributed by atoms with Crippen LogP contribution in [0, 0.1) is 24.0 Å². The number of nitrogens with zero attached hydrogens (tertiary/aromatic N) is 4. The number of hydrogen-bond donors (Lipinski definition) is 0. The summed E-state index contributed by atoms with van der Waals surface area (Å²) in [5, 5.41) is 17.4. The number of carbonyl (C=O) groups excluding carboxylic acids is 1. The molecule has 0 atom stereocenters. The van der Waals surface area contributed by atoms with E-state index in [9.17, 15) is 14.9 Å². The van der Waals surface area contributed by atoms with Crippen molar-refractivity contribution >= 4 is 33.3 Å². The number of pyridine rings is 1. The minimum atomic E-state index is -0.552. The molecule has 4 rings (SSSR count). The smallest absolute Gasteiger partial charge is 0.339 e. The summed E-state index contributed by atoms with van der Waals surface area (Å²) in [6.07, 6.45) is 1.60. The molecule has 0 saturated carbocycles. The lowest BCUT2D eigenvalue weighted by Gasteiger charge is -2.10. The van der Waals surface area contributed by atoms with Crippen LogP contribution in [0.15, 0.2) is 34.2 Å². The summed E-state index contributed by atoms with van der Waals surface area (Å²) in [6.45, 7) is 7.59. The second-order valence-corrected chi connectivity index (χ2v) is 8.32. The molecular formula is C21H20N4O5S. The third-order valence-electron chi connectivity index (χ3n) is 4.78. The standard InChI is InChI=1S/C21H20N4O5S/c1-11(2)24-20-17(8-22-24)16(7-18(23-20)15-5-12(3)30-13(15)4)21(26)29-9-14-6-19(25(27)28)31-10-14/h5-8,10-11H,9H2,1-4H3. The molecule has 0 saturated heterocycles. The van der Waals surface area contributed by atoms with Gasteiger partial charge in [-0.1, -0.05) is 11.3 Å².